The largest absolute Gasteiger partial charge is 0.465 e. The van der Waals surface area contributed by atoms with Gasteiger partial charge in [0, 0.05) is 6.08 Å². The van der Waals surface area contributed by atoms with Gasteiger partial charge in [-0.25, -0.2) is 9.59 Å². The van der Waals surface area contributed by atoms with Crippen molar-refractivity contribution in [2.75, 3.05) is 19.8 Å². The lowest BCUT2D eigenvalue weighted by Crippen LogP contribution is -2.21. The van der Waals surface area contributed by atoms with Gasteiger partial charge in [0.15, 0.2) is 0 Å². The van der Waals surface area contributed by atoms with Crippen LogP contribution < -0.4 is 0 Å². The molecule has 0 saturated heterocycles. The van der Waals surface area contributed by atoms with Crippen molar-refractivity contribution in [1.82, 2.24) is 0 Å². The van der Waals surface area contributed by atoms with Gasteiger partial charge in [-0.3, -0.25) is 4.79 Å². The van der Waals surface area contributed by atoms with Crippen LogP contribution in [0.3, 0.4) is 0 Å². The van der Waals surface area contributed by atoms with Crippen LogP contribution in [0.25, 0.3) is 0 Å². The van der Waals surface area contributed by atoms with Crippen molar-refractivity contribution in [2.24, 2.45) is 17.8 Å². The second-order valence-corrected chi connectivity index (χ2v) is 10.0. The zero-order valence-electron chi connectivity index (χ0n) is 24.1. The molecule has 0 heterocycles. The molecule has 0 rings (SSSR count). The van der Waals surface area contributed by atoms with E-state index in [1.807, 2.05) is 0 Å². The van der Waals surface area contributed by atoms with E-state index in [9.17, 15) is 14.4 Å². The summed E-state index contributed by atoms with van der Waals surface area (Å²) in [6.45, 7) is 13.6. The standard InChI is InChI=1S/C30H54O6/c1-7-13-16-24(10-4)21-34-28(31)19-27(30(33)36-23-26(12-6)18-15-9-3)20-29(32)35-22-25(11-5)17-14-8-2/h19,24-26H,7-18,20-23H2,1-6H3. The highest BCUT2D eigenvalue weighted by Gasteiger charge is 2.21. The fourth-order valence-electron chi connectivity index (χ4n) is 3.96. The Morgan fingerprint density at radius 2 is 1.03 bits per heavy atom. The molecule has 210 valence electrons. The fraction of sp³-hybridized carbons (Fsp3) is 0.833. The van der Waals surface area contributed by atoms with Crippen LogP contribution in [0.1, 0.15) is 125 Å². The van der Waals surface area contributed by atoms with Gasteiger partial charge < -0.3 is 14.2 Å². The highest BCUT2D eigenvalue weighted by atomic mass is 16.5. The van der Waals surface area contributed by atoms with Crippen LogP contribution in [-0.4, -0.2) is 37.7 Å². The van der Waals surface area contributed by atoms with Gasteiger partial charge in [0.05, 0.1) is 31.8 Å². The Morgan fingerprint density at radius 1 is 0.611 bits per heavy atom. The summed E-state index contributed by atoms with van der Waals surface area (Å²) in [4.78, 5) is 38.0. The molecule has 0 fully saturated rings. The van der Waals surface area contributed by atoms with E-state index < -0.39 is 17.9 Å². The zero-order chi connectivity index (χ0) is 27.2. The lowest BCUT2D eigenvalue weighted by atomic mass is 10.0. The summed E-state index contributed by atoms with van der Waals surface area (Å²) < 4.78 is 16.4. The molecule has 0 amide bonds. The maximum atomic E-state index is 12.9. The number of hydrogen-bond donors (Lipinski definition) is 0. The Morgan fingerprint density at radius 3 is 1.44 bits per heavy atom. The molecule has 0 aromatic rings. The molecular formula is C30H54O6. The second-order valence-electron chi connectivity index (χ2n) is 10.0. The molecule has 0 aromatic heterocycles. The first-order valence-electron chi connectivity index (χ1n) is 14.5. The smallest absolute Gasteiger partial charge is 0.334 e. The Hall–Kier alpha value is -1.85. The molecule has 0 bridgehead atoms. The number of carbonyl (C=O) groups is 3. The van der Waals surface area contributed by atoms with Crippen molar-refractivity contribution in [1.29, 1.82) is 0 Å². The van der Waals surface area contributed by atoms with Crippen molar-refractivity contribution in [3.8, 4) is 0 Å². The van der Waals surface area contributed by atoms with Crippen LogP contribution in [-0.2, 0) is 28.6 Å². The lowest BCUT2D eigenvalue weighted by Gasteiger charge is -2.17. The number of hydrogen-bond acceptors (Lipinski definition) is 6. The summed E-state index contributed by atoms with van der Waals surface area (Å²) in [5, 5.41) is 0. The van der Waals surface area contributed by atoms with Crippen molar-refractivity contribution in [3.05, 3.63) is 11.6 Å². The minimum absolute atomic E-state index is 0.00134. The van der Waals surface area contributed by atoms with Crippen LogP contribution in [0.5, 0.6) is 0 Å². The van der Waals surface area contributed by atoms with Crippen molar-refractivity contribution in [2.45, 2.75) is 125 Å². The predicted molar refractivity (Wildman–Crippen MR) is 145 cm³/mol. The summed E-state index contributed by atoms with van der Waals surface area (Å²) in [7, 11) is 0. The molecule has 0 aliphatic heterocycles. The van der Waals surface area contributed by atoms with E-state index in [0.29, 0.717) is 25.0 Å². The summed E-state index contributed by atoms with van der Waals surface area (Å²) >= 11 is 0. The zero-order valence-corrected chi connectivity index (χ0v) is 24.1. The molecule has 0 aliphatic carbocycles. The quantitative estimate of drug-likeness (QED) is 0.0848. The number of rotatable bonds is 22. The van der Waals surface area contributed by atoms with Gasteiger partial charge in [-0.2, -0.15) is 0 Å². The minimum Gasteiger partial charge on any atom is -0.465 e. The Kier molecular flexibility index (Phi) is 21.2. The van der Waals surface area contributed by atoms with Crippen molar-refractivity contribution < 1.29 is 28.6 Å². The van der Waals surface area contributed by atoms with Crippen molar-refractivity contribution >= 4 is 17.9 Å². The molecule has 3 unspecified atom stereocenters. The number of ether oxygens (including phenoxy) is 3. The summed E-state index contributed by atoms with van der Waals surface area (Å²) in [6.07, 6.45) is 13.1. The minimum atomic E-state index is -0.644. The average molecular weight is 511 g/mol. The van der Waals surface area contributed by atoms with Crippen LogP contribution in [0, 0.1) is 17.8 Å². The summed E-state index contributed by atoms with van der Waals surface area (Å²) in [5.74, 6) is -0.918. The van der Waals surface area contributed by atoms with Gasteiger partial charge in [0.1, 0.15) is 0 Å². The van der Waals surface area contributed by atoms with Gasteiger partial charge in [0.25, 0.3) is 0 Å². The normalized spacial score (nSPS) is 14.1. The monoisotopic (exact) mass is 510 g/mol. The molecule has 0 aliphatic rings. The van der Waals surface area contributed by atoms with Gasteiger partial charge in [-0.1, -0.05) is 99.3 Å². The Balaban J connectivity index is 5.23. The molecule has 0 aromatic carbocycles. The van der Waals surface area contributed by atoms with Crippen LogP contribution in [0.15, 0.2) is 11.6 Å². The number of carbonyl (C=O) groups excluding carboxylic acids is 3. The molecular weight excluding hydrogens is 456 g/mol. The highest BCUT2D eigenvalue weighted by molar-refractivity contribution is 5.99. The van der Waals surface area contributed by atoms with E-state index in [4.69, 9.17) is 14.2 Å². The molecule has 0 N–H and O–H groups in total. The Labute approximate surface area is 220 Å². The van der Waals surface area contributed by atoms with Crippen LogP contribution >= 0.6 is 0 Å². The number of esters is 3. The summed E-state index contributed by atoms with van der Waals surface area (Å²) in [5.41, 5.74) is -0.00134. The van der Waals surface area contributed by atoms with Crippen LogP contribution in [0.2, 0.25) is 0 Å². The first-order valence-corrected chi connectivity index (χ1v) is 14.5. The molecule has 6 heteroatoms. The third kappa shape index (κ3) is 16.8. The molecule has 6 nitrogen and oxygen atoms in total. The third-order valence-electron chi connectivity index (χ3n) is 6.91. The van der Waals surface area contributed by atoms with E-state index in [-0.39, 0.29) is 24.5 Å². The first-order chi connectivity index (χ1) is 17.3. The highest BCUT2D eigenvalue weighted by Crippen LogP contribution is 2.17. The Bertz CT molecular complexity index is 627. The lowest BCUT2D eigenvalue weighted by molar-refractivity contribution is -0.148. The van der Waals surface area contributed by atoms with E-state index >= 15 is 0 Å². The molecule has 0 spiro atoms. The van der Waals surface area contributed by atoms with Gasteiger partial charge in [-0.05, 0) is 37.0 Å². The fourth-order valence-corrected chi connectivity index (χ4v) is 3.96. The van der Waals surface area contributed by atoms with E-state index in [0.717, 1.165) is 83.1 Å². The molecule has 0 saturated carbocycles. The average Bonchev–Trinajstić information content (AvgIpc) is 2.88. The second kappa shape index (κ2) is 22.4. The van der Waals surface area contributed by atoms with E-state index in [1.54, 1.807) is 0 Å². The van der Waals surface area contributed by atoms with Gasteiger partial charge in [-0.15, -0.1) is 0 Å². The molecule has 0 radical (unpaired) electrons. The maximum absolute atomic E-state index is 12.9. The topological polar surface area (TPSA) is 78.9 Å². The van der Waals surface area contributed by atoms with Gasteiger partial charge >= 0.3 is 17.9 Å². The number of unbranched alkanes of at least 4 members (excludes halogenated alkanes) is 3. The van der Waals surface area contributed by atoms with Crippen molar-refractivity contribution in [3.63, 3.8) is 0 Å². The summed E-state index contributed by atoms with van der Waals surface area (Å²) in [6, 6.07) is 0. The molecule has 3 atom stereocenters. The van der Waals surface area contributed by atoms with Crippen LogP contribution in [0.4, 0.5) is 0 Å². The van der Waals surface area contributed by atoms with E-state index in [2.05, 4.69) is 41.5 Å². The first kappa shape index (κ1) is 34.1. The van der Waals surface area contributed by atoms with Gasteiger partial charge in [0.2, 0.25) is 0 Å². The predicted octanol–water partition coefficient (Wildman–Crippen LogP) is 7.58. The third-order valence-corrected chi connectivity index (χ3v) is 6.91. The SMILES string of the molecule is CCCCC(CC)COC(=O)C=C(CC(=O)OCC(CC)CCCC)C(=O)OCC(CC)CCCC. The maximum Gasteiger partial charge on any atom is 0.334 e. The molecule has 36 heavy (non-hydrogen) atoms. The van der Waals surface area contributed by atoms with E-state index in [1.165, 1.54) is 0 Å².